The Kier molecular flexibility index (Phi) is 5.49. The third kappa shape index (κ3) is 4.38. The largest absolute Gasteiger partial charge is 0.480 e. The van der Waals surface area contributed by atoms with E-state index in [0.717, 1.165) is 0 Å². The number of carbonyl (C=O) groups is 2. The van der Waals surface area contributed by atoms with Crippen LogP contribution in [0, 0.1) is 5.92 Å². The standard InChI is InChI=1S/C15H19N3O4S/c1-10(2)7-18(8-13(20)21)12(19)3-5-17-9-16-14-11(15(17)22)4-6-23-14/h4,6,9-10H,3,5,7-8H2,1-2H3,(H,20,21). The predicted octanol–water partition coefficient (Wildman–Crippen LogP) is 1.42. The fourth-order valence-corrected chi connectivity index (χ4v) is 3.01. The molecule has 0 aliphatic heterocycles. The van der Waals surface area contributed by atoms with Gasteiger partial charge in [-0.1, -0.05) is 13.8 Å². The third-order valence-electron chi connectivity index (χ3n) is 3.28. The van der Waals surface area contributed by atoms with Gasteiger partial charge in [0.1, 0.15) is 11.4 Å². The molecule has 0 saturated heterocycles. The molecule has 124 valence electrons. The summed E-state index contributed by atoms with van der Waals surface area (Å²) < 4.78 is 1.39. The average Bonchev–Trinajstić information content (AvgIpc) is 2.94. The molecule has 0 saturated carbocycles. The number of thiophene rings is 1. The summed E-state index contributed by atoms with van der Waals surface area (Å²) >= 11 is 1.39. The highest BCUT2D eigenvalue weighted by Gasteiger charge is 2.18. The number of aromatic nitrogens is 2. The van der Waals surface area contributed by atoms with Gasteiger partial charge in [-0.25, -0.2) is 4.98 Å². The van der Waals surface area contributed by atoms with E-state index in [1.807, 2.05) is 13.8 Å². The minimum absolute atomic E-state index is 0.0667. The van der Waals surface area contributed by atoms with Gasteiger partial charge in [0.25, 0.3) is 5.56 Å². The summed E-state index contributed by atoms with van der Waals surface area (Å²) in [5, 5.41) is 11.2. The second-order valence-electron chi connectivity index (χ2n) is 5.69. The molecule has 8 heteroatoms. The van der Waals surface area contributed by atoms with E-state index in [1.54, 1.807) is 11.4 Å². The van der Waals surface area contributed by atoms with Gasteiger partial charge in [0.2, 0.25) is 5.91 Å². The van der Waals surface area contributed by atoms with Gasteiger partial charge in [0, 0.05) is 19.5 Å². The van der Waals surface area contributed by atoms with Crippen LogP contribution in [-0.4, -0.2) is 44.5 Å². The van der Waals surface area contributed by atoms with Crippen LogP contribution >= 0.6 is 11.3 Å². The lowest BCUT2D eigenvalue weighted by atomic mass is 10.2. The van der Waals surface area contributed by atoms with Crippen molar-refractivity contribution in [3.05, 3.63) is 28.1 Å². The number of rotatable bonds is 7. The molecule has 2 rings (SSSR count). The monoisotopic (exact) mass is 337 g/mol. The van der Waals surface area contributed by atoms with Crippen molar-refractivity contribution in [1.29, 1.82) is 0 Å². The number of carbonyl (C=O) groups excluding carboxylic acids is 1. The van der Waals surface area contributed by atoms with Gasteiger partial charge in [-0.05, 0) is 17.4 Å². The summed E-state index contributed by atoms with van der Waals surface area (Å²) in [4.78, 5) is 41.5. The molecule has 0 spiro atoms. The molecular weight excluding hydrogens is 318 g/mol. The summed E-state index contributed by atoms with van der Waals surface area (Å²) in [6, 6.07) is 1.71. The molecule has 7 nitrogen and oxygen atoms in total. The van der Waals surface area contributed by atoms with Crippen molar-refractivity contribution in [2.24, 2.45) is 5.92 Å². The lowest BCUT2D eigenvalue weighted by molar-refractivity contribution is -0.144. The fourth-order valence-electron chi connectivity index (χ4n) is 2.29. The first-order valence-corrected chi connectivity index (χ1v) is 8.18. The first-order chi connectivity index (χ1) is 10.9. The first-order valence-electron chi connectivity index (χ1n) is 7.30. The summed E-state index contributed by atoms with van der Waals surface area (Å²) in [5.74, 6) is -1.15. The number of hydrogen-bond donors (Lipinski definition) is 1. The van der Waals surface area contributed by atoms with Crippen LogP contribution < -0.4 is 5.56 Å². The smallest absolute Gasteiger partial charge is 0.323 e. The Balaban J connectivity index is 2.07. The maximum absolute atomic E-state index is 12.2. The van der Waals surface area contributed by atoms with Crippen LogP contribution in [0.1, 0.15) is 20.3 Å². The van der Waals surface area contributed by atoms with E-state index in [1.165, 1.54) is 27.1 Å². The van der Waals surface area contributed by atoms with Crippen LogP contribution in [0.3, 0.4) is 0 Å². The summed E-state index contributed by atoms with van der Waals surface area (Å²) in [7, 11) is 0. The van der Waals surface area contributed by atoms with Gasteiger partial charge in [0.05, 0.1) is 11.7 Å². The number of carboxylic acid groups (broad SMARTS) is 1. The molecule has 0 bridgehead atoms. The molecule has 1 N–H and O–H groups in total. The molecule has 2 aromatic heterocycles. The van der Waals surface area contributed by atoms with Crippen molar-refractivity contribution in [2.75, 3.05) is 13.1 Å². The van der Waals surface area contributed by atoms with E-state index in [-0.39, 0.29) is 36.9 Å². The van der Waals surface area contributed by atoms with Gasteiger partial charge >= 0.3 is 5.97 Å². The molecule has 0 aliphatic carbocycles. The molecule has 0 radical (unpaired) electrons. The van der Waals surface area contributed by atoms with Crippen molar-refractivity contribution in [3.63, 3.8) is 0 Å². The van der Waals surface area contributed by atoms with Gasteiger partial charge < -0.3 is 10.0 Å². The molecule has 2 heterocycles. The quantitative estimate of drug-likeness (QED) is 0.825. The Bertz CT molecular complexity index is 765. The molecule has 0 fully saturated rings. The van der Waals surface area contributed by atoms with Crippen molar-refractivity contribution >= 4 is 33.4 Å². The van der Waals surface area contributed by atoms with E-state index >= 15 is 0 Å². The second-order valence-corrected chi connectivity index (χ2v) is 6.59. The topological polar surface area (TPSA) is 92.5 Å². The number of carboxylic acids is 1. The zero-order valence-electron chi connectivity index (χ0n) is 13.1. The number of nitrogens with zero attached hydrogens (tertiary/aromatic N) is 3. The Morgan fingerprint density at radius 1 is 1.43 bits per heavy atom. The highest BCUT2D eigenvalue weighted by atomic mass is 32.1. The van der Waals surface area contributed by atoms with Crippen LogP contribution in [0.2, 0.25) is 0 Å². The molecule has 0 atom stereocenters. The SMILES string of the molecule is CC(C)CN(CC(=O)O)C(=O)CCn1cnc2sccc2c1=O. The van der Waals surface area contributed by atoms with Gasteiger partial charge in [0.15, 0.2) is 0 Å². The molecule has 0 aliphatic rings. The van der Waals surface area contributed by atoms with Crippen LogP contribution in [-0.2, 0) is 16.1 Å². The lowest BCUT2D eigenvalue weighted by Gasteiger charge is -2.22. The molecule has 2 aromatic rings. The summed E-state index contributed by atoms with van der Waals surface area (Å²) in [5.41, 5.74) is -0.183. The molecule has 0 aromatic carbocycles. The van der Waals surface area contributed by atoms with E-state index in [4.69, 9.17) is 5.11 Å². The minimum atomic E-state index is -1.04. The second kappa shape index (κ2) is 7.36. The van der Waals surface area contributed by atoms with Crippen molar-refractivity contribution in [3.8, 4) is 0 Å². The number of fused-ring (bicyclic) bond motifs is 1. The maximum Gasteiger partial charge on any atom is 0.323 e. The predicted molar refractivity (Wildman–Crippen MR) is 87.6 cm³/mol. The van der Waals surface area contributed by atoms with E-state index in [9.17, 15) is 14.4 Å². The van der Waals surface area contributed by atoms with Crippen LogP contribution in [0.4, 0.5) is 0 Å². The fraction of sp³-hybridized carbons (Fsp3) is 0.467. The Morgan fingerprint density at radius 3 is 2.83 bits per heavy atom. The minimum Gasteiger partial charge on any atom is -0.480 e. The van der Waals surface area contributed by atoms with E-state index < -0.39 is 5.97 Å². The number of aliphatic carboxylic acids is 1. The van der Waals surface area contributed by atoms with Crippen LogP contribution in [0.5, 0.6) is 0 Å². The Morgan fingerprint density at radius 2 is 2.17 bits per heavy atom. The number of amides is 1. The average molecular weight is 337 g/mol. The summed E-state index contributed by atoms with van der Waals surface area (Å²) in [6.07, 6.45) is 1.50. The van der Waals surface area contributed by atoms with Crippen LogP contribution in [0.15, 0.2) is 22.6 Å². The zero-order valence-corrected chi connectivity index (χ0v) is 13.9. The third-order valence-corrected chi connectivity index (χ3v) is 4.10. The zero-order chi connectivity index (χ0) is 17.0. The number of aryl methyl sites for hydroxylation is 1. The van der Waals surface area contributed by atoms with Crippen molar-refractivity contribution < 1.29 is 14.7 Å². The highest BCUT2D eigenvalue weighted by molar-refractivity contribution is 7.16. The normalized spacial score (nSPS) is 11.1. The number of hydrogen-bond acceptors (Lipinski definition) is 5. The van der Waals surface area contributed by atoms with Crippen LogP contribution in [0.25, 0.3) is 10.2 Å². The Labute approximate surface area is 137 Å². The van der Waals surface area contributed by atoms with Gasteiger partial charge in [-0.15, -0.1) is 11.3 Å². The first kappa shape index (κ1) is 17.1. The summed E-state index contributed by atoms with van der Waals surface area (Å²) in [6.45, 7) is 4.07. The Hall–Kier alpha value is -2.22. The van der Waals surface area contributed by atoms with Gasteiger partial charge in [-0.3, -0.25) is 19.0 Å². The highest BCUT2D eigenvalue weighted by Crippen LogP contribution is 2.13. The van der Waals surface area contributed by atoms with Gasteiger partial charge in [-0.2, -0.15) is 0 Å². The molecule has 23 heavy (non-hydrogen) atoms. The van der Waals surface area contributed by atoms with Crippen molar-refractivity contribution in [2.45, 2.75) is 26.8 Å². The van der Waals surface area contributed by atoms with E-state index in [0.29, 0.717) is 16.8 Å². The van der Waals surface area contributed by atoms with E-state index in [2.05, 4.69) is 4.98 Å². The molecule has 1 amide bonds. The molecule has 0 unspecified atom stereocenters. The lowest BCUT2D eigenvalue weighted by Crippen LogP contribution is -2.39. The molecular formula is C15H19N3O4S. The maximum atomic E-state index is 12.2. The van der Waals surface area contributed by atoms with Crippen molar-refractivity contribution in [1.82, 2.24) is 14.5 Å².